The molecule has 1 saturated carbocycles. The first-order valence-corrected chi connectivity index (χ1v) is 11.2. The van der Waals surface area contributed by atoms with E-state index in [9.17, 15) is 4.79 Å². The van der Waals surface area contributed by atoms with Crippen molar-refractivity contribution in [2.75, 3.05) is 0 Å². The maximum Gasteiger partial charge on any atom is 0.251 e. The van der Waals surface area contributed by atoms with Crippen molar-refractivity contribution >= 4 is 32.4 Å². The quantitative estimate of drug-likeness (QED) is 0.472. The summed E-state index contributed by atoms with van der Waals surface area (Å²) in [6.45, 7) is 4.55. The number of thiazole rings is 1. The Morgan fingerprint density at radius 2 is 1.97 bits per heavy atom. The molecule has 0 radical (unpaired) electrons. The van der Waals surface area contributed by atoms with E-state index in [4.69, 9.17) is 4.98 Å². The van der Waals surface area contributed by atoms with Crippen LogP contribution in [0.1, 0.15) is 43.5 Å². The number of benzene rings is 2. The van der Waals surface area contributed by atoms with Crippen LogP contribution in [-0.2, 0) is 0 Å². The van der Waals surface area contributed by atoms with Gasteiger partial charge in [0.2, 0.25) is 0 Å². The molecule has 2 aromatic heterocycles. The number of nitrogens with zero attached hydrogens (tertiary/aromatic N) is 2. The molecule has 1 N–H and O–H groups in total. The minimum absolute atomic E-state index is 0.0360. The van der Waals surface area contributed by atoms with Crippen LogP contribution < -0.4 is 5.32 Å². The second-order valence-electron chi connectivity index (χ2n) is 8.28. The van der Waals surface area contributed by atoms with Crippen molar-refractivity contribution in [3.63, 3.8) is 0 Å². The first-order valence-electron chi connectivity index (χ1n) is 10.4. The highest BCUT2D eigenvalue weighted by atomic mass is 32.1. The molecule has 2 heterocycles. The van der Waals surface area contributed by atoms with Crippen LogP contribution in [0.5, 0.6) is 0 Å². The van der Waals surface area contributed by atoms with Crippen molar-refractivity contribution in [1.82, 2.24) is 14.7 Å². The van der Waals surface area contributed by atoms with Gasteiger partial charge < -0.3 is 5.32 Å². The molecule has 1 aliphatic carbocycles. The summed E-state index contributed by atoms with van der Waals surface area (Å²) in [6, 6.07) is 16.5. The molecular weight excluding hydrogens is 378 g/mol. The molecular formula is C24H25N3OS. The smallest absolute Gasteiger partial charge is 0.251 e. The number of nitrogens with one attached hydrogen (secondary N) is 1. The summed E-state index contributed by atoms with van der Waals surface area (Å²) in [6.07, 6.45) is 5.61. The average molecular weight is 404 g/mol. The third-order valence-electron chi connectivity index (χ3n) is 6.45. The number of rotatable bonds is 3. The van der Waals surface area contributed by atoms with Crippen molar-refractivity contribution < 1.29 is 4.79 Å². The van der Waals surface area contributed by atoms with Crippen LogP contribution in [0.2, 0.25) is 0 Å². The Labute approximate surface area is 174 Å². The Hall–Kier alpha value is -2.66. The second-order valence-corrected chi connectivity index (χ2v) is 9.29. The van der Waals surface area contributed by atoms with Crippen molar-refractivity contribution in [2.24, 2.45) is 11.8 Å². The highest BCUT2D eigenvalue weighted by molar-refractivity contribution is 7.23. The molecule has 0 unspecified atom stereocenters. The van der Waals surface area contributed by atoms with Gasteiger partial charge in [0.15, 0.2) is 4.96 Å². The van der Waals surface area contributed by atoms with Gasteiger partial charge >= 0.3 is 0 Å². The Bertz CT molecular complexity index is 1180. The first kappa shape index (κ1) is 18.4. The number of carbonyl (C=O) groups excluding carboxylic acids is 1. The van der Waals surface area contributed by atoms with Crippen LogP contribution in [0.25, 0.3) is 26.4 Å². The second kappa shape index (κ2) is 7.30. The minimum Gasteiger partial charge on any atom is -0.349 e. The lowest BCUT2D eigenvalue weighted by Gasteiger charge is -2.34. The van der Waals surface area contributed by atoms with Crippen LogP contribution in [0.15, 0.2) is 54.7 Å². The average Bonchev–Trinajstić information content (AvgIpc) is 3.29. The predicted octanol–water partition coefficient (Wildman–Crippen LogP) is 5.77. The van der Waals surface area contributed by atoms with E-state index in [-0.39, 0.29) is 11.9 Å². The van der Waals surface area contributed by atoms with Crippen LogP contribution >= 0.6 is 11.3 Å². The fourth-order valence-electron chi connectivity index (χ4n) is 4.43. The maximum absolute atomic E-state index is 12.9. The number of imidazole rings is 1. The topological polar surface area (TPSA) is 46.4 Å². The summed E-state index contributed by atoms with van der Waals surface area (Å²) in [7, 11) is 0. The highest BCUT2D eigenvalue weighted by Gasteiger charge is 2.28. The van der Waals surface area contributed by atoms with E-state index in [1.165, 1.54) is 12.8 Å². The summed E-state index contributed by atoms with van der Waals surface area (Å²) in [5.41, 5.74) is 3.91. The van der Waals surface area contributed by atoms with Gasteiger partial charge in [-0.3, -0.25) is 9.20 Å². The van der Waals surface area contributed by atoms with Gasteiger partial charge in [-0.25, -0.2) is 4.98 Å². The van der Waals surface area contributed by atoms with Crippen molar-refractivity contribution in [3.8, 4) is 11.3 Å². The molecule has 1 aliphatic rings. The van der Waals surface area contributed by atoms with E-state index in [0.29, 0.717) is 11.8 Å². The summed E-state index contributed by atoms with van der Waals surface area (Å²) in [5.74, 6) is 1.23. The Kier molecular flexibility index (Phi) is 4.63. The van der Waals surface area contributed by atoms with E-state index in [2.05, 4.69) is 41.9 Å². The fourth-order valence-corrected chi connectivity index (χ4v) is 5.47. The number of carbonyl (C=O) groups is 1. The molecule has 2 aromatic carbocycles. The lowest BCUT2D eigenvalue weighted by Crippen LogP contribution is -2.43. The number of aromatic nitrogens is 2. The zero-order valence-electron chi connectivity index (χ0n) is 16.8. The summed E-state index contributed by atoms with van der Waals surface area (Å²) < 4.78 is 3.21. The van der Waals surface area contributed by atoms with Gasteiger partial charge in [-0.05, 0) is 36.5 Å². The molecule has 5 rings (SSSR count). The van der Waals surface area contributed by atoms with Gasteiger partial charge in [-0.1, -0.05) is 68.4 Å². The van der Waals surface area contributed by atoms with E-state index in [0.717, 1.165) is 38.4 Å². The summed E-state index contributed by atoms with van der Waals surface area (Å²) >= 11 is 1.63. The van der Waals surface area contributed by atoms with E-state index in [1.54, 1.807) is 11.3 Å². The molecule has 29 heavy (non-hydrogen) atoms. The van der Waals surface area contributed by atoms with Crippen molar-refractivity contribution in [2.45, 2.75) is 39.2 Å². The van der Waals surface area contributed by atoms with Gasteiger partial charge in [-0.15, -0.1) is 0 Å². The lowest BCUT2D eigenvalue weighted by atomic mass is 9.78. The van der Waals surface area contributed by atoms with E-state index >= 15 is 0 Å². The molecule has 0 saturated heterocycles. The molecule has 5 heteroatoms. The zero-order chi connectivity index (χ0) is 20.0. The van der Waals surface area contributed by atoms with Crippen LogP contribution in [0.4, 0.5) is 0 Å². The Morgan fingerprint density at radius 3 is 2.79 bits per heavy atom. The van der Waals surface area contributed by atoms with Gasteiger partial charge in [0.25, 0.3) is 5.91 Å². The molecule has 1 amide bonds. The summed E-state index contributed by atoms with van der Waals surface area (Å²) in [4.78, 5) is 18.6. The van der Waals surface area contributed by atoms with Crippen molar-refractivity contribution in [3.05, 3.63) is 60.3 Å². The van der Waals surface area contributed by atoms with Gasteiger partial charge in [0, 0.05) is 23.4 Å². The molecule has 148 valence electrons. The maximum atomic E-state index is 12.9. The minimum atomic E-state index is 0.0360. The van der Waals surface area contributed by atoms with Crippen LogP contribution in [0.3, 0.4) is 0 Å². The number of hydrogen-bond acceptors (Lipinski definition) is 3. The number of amides is 1. The van der Waals surface area contributed by atoms with E-state index in [1.807, 2.05) is 36.4 Å². The first-order chi connectivity index (χ1) is 14.1. The standard InChI is InChI=1S/C24H25N3OS/c1-15-7-6-10-19(16(15)2)25-23(28)18-11-12-21-22(13-18)29-24-26-20(14-27(21)24)17-8-4-3-5-9-17/h3-5,8-9,11-16,19H,6-7,10H2,1-2H3,(H,25,28)/t15-,16+,19-/m1/s1. The normalized spacial score (nSPS) is 22.2. The monoisotopic (exact) mass is 403 g/mol. The van der Waals surface area contributed by atoms with Crippen LogP contribution in [-0.4, -0.2) is 21.3 Å². The molecule has 4 nitrogen and oxygen atoms in total. The fraction of sp³-hybridized carbons (Fsp3) is 0.333. The molecule has 0 bridgehead atoms. The Morgan fingerprint density at radius 1 is 1.14 bits per heavy atom. The van der Waals surface area contributed by atoms with Crippen LogP contribution in [0, 0.1) is 11.8 Å². The summed E-state index contributed by atoms with van der Waals surface area (Å²) in [5, 5.41) is 3.28. The number of hydrogen-bond donors (Lipinski definition) is 1. The third-order valence-corrected chi connectivity index (χ3v) is 7.47. The van der Waals surface area contributed by atoms with Gasteiger partial charge in [0.05, 0.1) is 15.9 Å². The molecule has 3 atom stereocenters. The molecule has 4 aromatic rings. The van der Waals surface area contributed by atoms with E-state index < -0.39 is 0 Å². The predicted molar refractivity (Wildman–Crippen MR) is 119 cm³/mol. The third kappa shape index (κ3) is 3.33. The SMILES string of the molecule is C[C@H]1[C@H](C)CCC[C@H]1NC(=O)c1ccc2c(c1)sc1nc(-c3ccccc3)cn12. The van der Waals surface area contributed by atoms with Crippen molar-refractivity contribution in [1.29, 1.82) is 0 Å². The lowest BCUT2D eigenvalue weighted by molar-refractivity contribution is 0.0891. The van der Waals surface area contributed by atoms with Gasteiger partial charge in [-0.2, -0.15) is 0 Å². The van der Waals surface area contributed by atoms with Gasteiger partial charge in [0.1, 0.15) is 0 Å². The highest BCUT2D eigenvalue weighted by Crippen LogP contribution is 2.31. The Balaban J connectivity index is 1.42. The zero-order valence-corrected chi connectivity index (χ0v) is 17.6. The molecule has 1 fully saturated rings. The largest absolute Gasteiger partial charge is 0.349 e. The number of fused-ring (bicyclic) bond motifs is 3. The molecule has 0 aliphatic heterocycles. The molecule has 0 spiro atoms.